The van der Waals surface area contributed by atoms with Gasteiger partial charge in [0.05, 0.1) is 16.3 Å². The number of thiophene rings is 1. The zero-order chi connectivity index (χ0) is 19.0. The smallest absolute Gasteiger partial charge is 0.261 e. The van der Waals surface area contributed by atoms with E-state index in [0.29, 0.717) is 11.4 Å². The first-order valence-electron chi connectivity index (χ1n) is 9.19. The third-order valence-electron chi connectivity index (χ3n) is 5.33. The molecule has 2 aromatic heterocycles. The van der Waals surface area contributed by atoms with Crippen LogP contribution in [-0.2, 0) is 0 Å². The molecule has 3 heterocycles. The Morgan fingerprint density at radius 1 is 1.32 bits per heavy atom. The third-order valence-corrected chi connectivity index (χ3v) is 6.44. The number of hydrogen-bond donors (Lipinski definition) is 2. The second-order valence-electron chi connectivity index (χ2n) is 7.55. The Hall–Kier alpha value is -1.96. The molecule has 2 N–H and O–H groups in total. The van der Waals surface area contributed by atoms with Gasteiger partial charge in [-0.1, -0.05) is 6.92 Å². The van der Waals surface area contributed by atoms with Crippen LogP contribution in [0.1, 0.15) is 35.1 Å². The van der Waals surface area contributed by atoms with Crippen molar-refractivity contribution < 1.29 is 9.18 Å². The van der Waals surface area contributed by atoms with Crippen LogP contribution >= 0.6 is 23.7 Å². The first-order valence-corrected chi connectivity index (χ1v) is 10.0. The third kappa shape index (κ3) is 4.06. The SMILES string of the molecule is Cc1nn(-c2ccc(F)cc2)c2sc(C(=O)NCC3(C)CCNCC3)cc12.Cl. The molecule has 0 aliphatic carbocycles. The van der Waals surface area contributed by atoms with Gasteiger partial charge in [-0.2, -0.15) is 5.10 Å². The minimum Gasteiger partial charge on any atom is -0.351 e. The second kappa shape index (κ2) is 8.19. The lowest BCUT2D eigenvalue weighted by Gasteiger charge is -2.34. The number of amides is 1. The average Bonchev–Trinajstić information content (AvgIpc) is 3.22. The maximum atomic E-state index is 13.2. The minimum absolute atomic E-state index is 0. The quantitative estimate of drug-likeness (QED) is 0.666. The van der Waals surface area contributed by atoms with E-state index in [1.807, 2.05) is 13.0 Å². The van der Waals surface area contributed by atoms with E-state index in [1.165, 1.54) is 23.5 Å². The Kier molecular flexibility index (Phi) is 6.07. The summed E-state index contributed by atoms with van der Waals surface area (Å²) in [7, 11) is 0. The number of nitrogens with zero attached hydrogens (tertiary/aromatic N) is 2. The molecule has 1 saturated heterocycles. The molecule has 0 saturated carbocycles. The maximum Gasteiger partial charge on any atom is 0.261 e. The number of nitrogens with one attached hydrogen (secondary N) is 2. The molecule has 3 aromatic rings. The summed E-state index contributed by atoms with van der Waals surface area (Å²) in [5.74, 6) is -0.322. The molecule has 150 valence electrons. The number of aromatic nitrogens is 2. The van der Waals surface area contributed by atoms with Gasteiger partial charge in [-0.05, 0) is 68.6 Å². The van der Waals surface area contributed by atoms with Crippen LogP contribution < -0.4 is 10.6 Å². The average molecular weight is 423 g/mol. The molecule has 0 spiro atoms. The standard InChI is InChI=1S/C20H23FN4OS.ClH/c1-13-16-11-17(18(26)23-12-20(2)7-9-22-10-8-20)27-19(16)25(24-13)15-5-3-14(21)4-6-15;/h3-6,11,22H,7-10,12H2,1-2H3,(H,23,26);1H. The summed E-state index contributed by atoms with van der Waals surface area (Å²) < 4.78 is 15.0. The zero-order valence-electron chi connectivity index (χ0n) is 15.9. The molecule has 1 aliphatic heterocycles. The van der Waals surface area contributed by atoms with Crippen LogP contribution in [0.4, 0.5) is 4.39 Å². The van der Waals surface area contributed by atoms with Crippen molar-refractivity contribution >= 4 is 39.9 Å². The fourth-order valence-electron chi connectivity index (χ4n) is 3.50. The molecule has 1 amide bonds. The summed E-state index contributed by atoms with van der Waals surface area (Å²) in [4.78, 5) is 14.3. The van der Waals surface area contributed by atoms with Crippen LogP contribution in [0.3, 0.4) is 0 Å². The van der Waals surface area contributed by atoms with E-state index in [0.717, 1.165) is 47.5 Å². The summed E-state index contributed by atoms with van der Waals surface area (Å²) >= 11 is 1.42. The van der Waals surface area contributed by atoms with E-state index in [2.05, 4.69) is 22.7 Å². The highest BCUT2D eigenvalue weighted by atomic mass is 35.5. The fourth-order valence-corrected chi connectivity index (χ4v) is 4.60. The van der Waals surface area contributed by atoms with Crippen LogP contribution in [0.15, 0.2) is 30.3 Å². The lowest BCUT2D eigenvalue weighted by atomic mass is 9.81. The Labute approximate surface area is 173 Å². The van der Waals surface area contributed by atoms with Crippen molar-refractivity contribution in [2.75, 3.05) is 19.6 Å². The van der Waals surface area contributed by atoms with Crippen LogP contribution in [0, 0.1) is 18.2 Å². The lowest BCUT2D eigenvalue weighted by Crippen LogP contribution is -2.42. The molecule has 8 heteroatoms. The maximum absolute atomic E-state index is 13.2. The van der Waals surface area contributed by atoms with Crippen molar-refractivity contribution in [3.05, 3.63) is 46.7 Å². The van der Waals surface area contributed by atoms with Crippen molar-refractivity contribution in [1.82, 2.24) is 20.4 Å². The summed E-state index contributed by atoms with van der Waals surface area (Å²) in [6.07, 6.45) is 2.14. The molecule has 5 nitrogen and oxygen atoms in total. The van der Waals surface area contributed by atoms with Crippen LogP contribution in [0.5, 0.6) is 0 Å². The number of rotatable bonds is 4. The highest BCUT2D eigenvalue weighted by molar-refractivity contribution is 7.20. The van der Waals surface area contributed by atoms with E-state index in [1.54, 1.807) is 16.8 Å². The molecule has 0 radical (unpaired) electrons. The van der Waals surface area contributed by atoms with Gasteiger partial charge in [-0.15, -0.1) is 23.7 Å². The molecule has 0 atom stereocenters. The van der Waals surface area contributed by atoms with Gasteiger partial charge in [0.1, 0.15) is 10.6 Å². The summed E-state index contributed by atoms with van der Waals surface area (Å²) in [6, 6.07) is 8.12. The van der Waals surface area contributed by atoms with Gasteiger partial charge in [0.25, 0.3) is 5.91 Å². The van der Waals surface area contributed by atoms with E-state index >= 15 is 0 Å². The molecule has 0 bridgehead atoms. The zero-order valence-corrected chi connectivity index (χ0v) is 17.6. The van der Waals surface area contributed by atoms with Gasteiger partial charge < -0.3 is 10.6 Å². The molecular formula is C20H24ClFN4OS. The Morgan fingerprint density at radius 2 is 2.00 bits per heavy atom. The number of halogens is 2. The van der Waals surface area contributed by atoms with Crippen molar-refractivity contribution in [3.63, 3.8) is 0 Å². The monoisotopic (exact) mass is 422 g/mol. The van der Waals surface area contributed by atoms with Crippen LogP contribution in [-0.4, -0.2) is 35.3 Å². The Bertz CT molecular complexity index is 976. The predicted octanol–water partition coefficient (Wildman–Crippen LogP) is 4.08. The normalized spacial score (nSPS) is 16.0. The van der Waals surface area contributed by atoms with E-state index in [-0.39, 0.29) is 29.5 Å². The van der Waals surface area contributed by atoms with Gasteiger partial charge >= 0.3 is 0 Å². The van der Waals surface area contributed by atoms with Crippen LogP contribution in [0.2, 0.25) is 0 Å². The van der Waals surface area contributed by atoms with E-state index < -0.39 is 0 Å². The first-order chi connectivity index (χ1) is 13.0. The van der Waals surface area contributed by atoms with Crippen molar-refractivity contribution in [2.45, 2.75) is 26.7 Å². The highest BCUT2D eigenvalue weighted by Crippen LogP contribution is 2.31. The summed E-state index contributed by atoms with van der Waals surface area (Å²) in [5.41, 5.74) is 1.79. The van der Waals surface area contributed by atoms with Crippen molar-refractivity contribution in [1.29, 1.82) is 0 Å². The highest BCUT2D eigenvalue weighted by Gasteiger charge is 2.27. The molecule has 1 aliphatic rings. The molecule has 1 aromatic carbocycles. The number of hydrogen-bond acceptors (Lipinski definition) is 4. The Morgan fingerprint density at radius 3 is 2.68 bits per heavy atom. The van der Waals surface area contributed by atoms with Gasteiger partial charge in [0, 0.05) is 11.9 Å². The largest absolute Gasteiger partial charge is 0.351 e. The topological polar surface area (TPSA) is 59.0 Å². The summed E-state index contributed by atoms with van der Waals surface area (Å²) in [5, 5.41) is 12.0. The lowest BCUT2D eigenvalue weighted by molar-refractivity contribution is 0.0926. The number of carbonyl (C=O) groups is 1. The molecule has 0 unspecified atom stereocenters. The molecule has 1 fully saturated rings. The molecule has 28 heavy (non-hydrogen) atoms. The van der Waals surface area contributed by atoms with E-state index in [9.17, 15) is 9.18 Å². The van der Waals surface area contributed by atoms with Crippen molar-refractivity contribution in [2.24, 2.45) is 5.41 Å². The van der Waals surface area contributed by atoms with Gasteiger partial charge in [-0.25, -0.2) is 9.07 Å². The Balaban J connectivity index is 0.00000225. The number of piperidine rings is 1. The number of benzene rings is 1. The van der Waals surface area contributed by atoms with Crippen LogP contribution in [0.25, 0.3) is 15.9 Å². The fraction of sp³-hybridized carbons (Fsp3) is 0.400. The van der Waals surface area contributed by atoms with Gasteiger partial charge in [0.15, 0.2) is 0 Å². The predicted molar refractivity (Wildman–Crippen MR) is 113 cm³/mol. The number of aryl methyl sites for hydroxylation is 1. The second-order valence-corrected chi connectivity index (χ2v) is 8.58. The molecule has 4 rings (SSSR count). The summed E-state index contributed by atoms with van der Waals surface area (Å²) in [6.45, 7) is 6.84. The van der Waals surface area contributed by atoms with Gasteiger partial charge in [0.2, 0.25) is 0 Å². The first kappa shape index (κ1) is 20.8. The van der Waals surface area contributed by atoms with Crippen molar-refractivity contribution in [3.8, 4) is 5.69 Å². The van der Waals surface area contributed by atoms with E-state index in [4.69, 9.17) is 0 Å². The number of carbonyl (C=O) groups excluding carboxylic acids is 1. The number of fused-ring (bicyclic) bond motifs is 1. The minimum atomic E-state index is -0.281. The van der Waals surface area contributed by atoms with Gasteiger partial charge in [-0.3, -0.25) is 4.79 Å². The molecular weight excluding hydrogens is 399 g/mol.